The molecule has 0 spiro atoms. The second-order valence-electron chi connectivity index (χ2n) is 2.15. The van der Waals surface area contributed by atoms with Crippen molar-refractivity contribution in [1.29, 1.82) is 0 Å². The minimum absolute atomic E-state index is 0.361. The highest BCUT2D eigenvalue weighted by Crippen LogP contribution is 2.22. The predicted molar refractivity (Wildman–Crippen MR) is 46.1 cm³/mol. The Hall–Kier alpha value is -0.870. The molecular weight excluding hydrogens is 176 g/mol. The third-order valence-corrected chi connectivity index (χ3v) is 2.37. The highest BCUT2D eigenvalue weighted by Gasteiger charge is 2.21. The van der Waals surface area contributed by atoms with E-state index in [9.17, 15) is 4.79 Å². The Morgan fingerprint density at radius 3 is 2.75 bits per heavy atom. The summed E-state index contributed by atoms with van der Waals surface area (Å²) in [4.78, 5) is 12.0. The van der Waals surface area contributed by atoms with E-state index in [4.69, 9.17) is 4.74 Å². The quantitative estimate of drug-likeness (QED) is 0.673. The molecule has 1 atom stereocenters. The summed E-state index contributed by atoms with van der Waals surface area (Å²) < 4.78 is 9.55. The first kappa shape index (κ1) is 9.22. The Balaban J connectivity index is 2.76. The Bertz CT molecular complexity index is 243. The standard InChI is InChI=1S/C8H10O3S/c1-10-7(8(9)11-2)6-4-3-5-12-6/h3-5,7H,1-2H3. The third kappa shape index (κ3) is 1.84. The average molecular weight is 186 g/mol. The molecule has 1 aromatic rings. The highest BCUT2D eigenvalue weighted by molar-refractivity contribution is 7.10. The van der Waals surface area contributed by atoms with Crippen molar-refractivity contribution in [2.45, 2.75) is 6.10 Å². The van der Waals surface area contributed by atoms with Crippen molar-refractivity contribution in [1.82, 2.24) is 0 Å². The molecule has 1 aromatic heterocycles. The molecule has 0 N–H and O–H groups in total. The summed E-state index contributed by atoms with van der Waals surface area (Å²) in [5.41, 5.74) is 0. The van der Waals surface area contributed by atoms with Crippen LogP contribution in [0, 0.1) is 0 Å². The summed E-state index contributed by atoms with van der Waals surface area (Å²) in [7, 11) is 2.84. The molecule has 3 nitrogen and oxygen atoms in total. The Kier molecular flexibility index (Phi) is 3.25. The second-order valence-corrected chi connectivity index (χ2v) is 3.13. The van der Waals surface area contributed by atoms with Gasteiger partial charge in [-0.3, -0.25) is 0 Å². The van der Waals surface area contributed by atoms with Crippen molar-refractivity contribution in [3.63, 3.8) is 0 Å². The smallest absolute Gasteiger partial charge is 0.340 e. The number of ether oxygens (including phenoxy) is 2. The number of methoxy groups -OCH3 is 2. The van der Waals surface area contributed by atoms with Gasteiger partial charge in [0, 0.05) is 12.0 Å². The van der Waals surface area contributed by atoms with E-state index in [0.717, 1.165) is 4.88 Å². The van der Waals surface area contributed by atoms with E-state index in [-0.39, 0.29) is 5.97 Å². The first-order chi connectivity index (χ1) is 5.79. The van der Waals surface area contributed by atoms with Crippen LogP contribution in [0.2, 0.25) is 0 Å². The largest absolute Gasteiger partial charge is 0.467 e. The molecule has 4 heteroatoms. The molecule has 0 aliphatic heterocycles. The molecule has 0 aliphatic rings. The van der Waals surface area contributed by atoms with Gasteiger partial charge in [0.1, 0.15) is 0 Å². The summed E-state index contributed by atoms with van der Waals surface area (Å²) >= 11 is 1.47. The molecule has 1 rings (SSSR count). The van der Waals surface area contributed by atoms with E-state index in [1.54, 1.807) is 0 Å². The normalized spacial score (nSPS) is 12.5. The van der Waals surface area contributed by atoms with Crippen LogP contribution in [0.4, 0.5) is 0 Å². The van der Waals surface area contributed by atoms with Gasteiger partial charge in [-0.2, -0.15) is 0 Å². The van der Waals surface area contributed by atoms with Crippen LogP contribution in [0.1, 0.15) is 11.0 Å². The topological polar surface area (TPSA) is 35.5 Å². The van der Waals surface area contributed by atoms with Gasteiger partial charge in [-0.05, 0) is 11.4 Å². The number of carbonyl (C=O) groups excluding carboxylic acids is 1. The molecule has 0 amide bonds. The number of hydrogen-bond donors (Lipinski definition) is 0. The number of carbonyl (C=O) groups is 1. The molecule has 0 fully saturated rings. The maximum atomic E-state index is 11.1. The number of hydrogen-bond acceptors (Lipinski definition) is 4. The minimum atomic E-state index is -0.574. The zero-order chi connectivity index (χ0) is 8.97. The number of rotatable bonds is 3. The first-order valence-corrected chi connectivity index (χ1v) is 4.31. The highest BCUT2D eigenvalue weighted by atomic mass is 32.1. The summed E-state index contributed by atoms with van der Waals surface area (Å²) in [5.74, 6) is -0.361. The maximum Gasteiger partial charge on any atom is 0.340 e. The van der Waals surface area contributed by atoms with E-state index in [2.05, 4.69) is 4.74 Å². The van der Waals surface area contributed by atoms with Crippen LogP contribution < -0.4 is 0 Å². The molecule has 12 heavy (non-hydrogen) atoms. The molecule has 0 radical (unpaired) electrons. The lowest BCUT2D eigenvalue weighted by Crippen LogP contribution is -2.14. The van der Waals surface area contributed by atoms with Crippen molar-refractivity contribution in [3.8, 4) is 0 Å². The van der Waals surface area contributed by atoms with Gasteiger partial charge in [0.05, 0.1) is 7.11 Å². The minimum Gasteiger partial charge on any atom is -0.467 e. The van der Waals surface area contributed by atoms with Gasteiger partial charge < -0.3 is 9.47 Å². The Labute approximate surface area is 74.9 Å². The molecule has 1 unspecified atom stereocenters. The van der Waals surface area contributed by atoms with Gasteiger partial charge in [0.2, 0.25) is 0 Å². The van der Waals surface area contributed by atoms with Crippen molar-refractivity contribution in [2.75, 3.05) is 14.2 Å². The van der Waals surface area contributed by atoms with Crippen molar-refractivity contribution in [2.24, 2.45) is 0 Å². The van der Waals surface area contributed by atoms with Crippen LogP contribution in [0.5, 0.6) is 0 Å². The monoisotopic (exact) mass is 186 g/mol. The molecule has 0 aromatic carbocycles. The van der Waals surface area contributed by atoms with Gasteiger partial charge in [0.15, 0.2) is 6.10 Å². The van der Waals surface area contributed by atoms with E-state index in [1.165, 1.54) is 25.6 Å². The number of thiophene rings is 1. The van der Waals surface area contributed by atoms with Crippen LogP contribution in [0.3, 0.4) is 0 Å². The fraction of sp³-hybridized carbons (Fsp3) is 0.375. The SMILES string of the molecule is COC(=O)C(OC)c1cccs1. The van der Waals surface area contributed by atoms with Gasteiger partial charge in [-0.25, -0.2) is 4.79 Å². The molecule has 1 heterocycles. The maximum absolute atomic E-state index is 11.1. The molecule has 66 valence electrons. The fourth-order valence-electron chi connectivity index (χ4n) is 0.876. The van der Waals surface area contributed by atoms with E-state index in [1.807, 2.05) is 17.5 Å². The zero-order valence-electron chi connectivity index (χ0n) is 6.94. The fourth-order valence-corrected chi connectivity index (χ4v) is 1.66. The molecule has 0 saturated carbocycles. The number of esters is 1. The van der Waals surface area contributed by atoms with Crippen LogP contribution in [0.15, 0.2) is 17.5 Å². The summed E-state index contributed by atoms with van der Waals surface area (Å²) in [6.07, 6.45) is -0.574. The lowest BCUT2D eigenvalue weighted by molar-refractivity contribution is -0.152. The van der Waals surface area contributed by atoms with Crippen LogP contribution in [0.25, 0.3) is 0 Å². The van der Waals surface area contributed by atoms with Crippen molar-refractivity contribution in [3.05, 3.63) is 22.4 Å². The Morgan fingerprint density at radius 1 is 1.58 bits per heavy atom. The third-order valence-electron chi connectivity index (χ3n) is 1.45. The van der Waals surface area contributed by atoms with E-state index < -0.39 is 6.10 Å². The molecule has 0 saturated heterocycles. The van der Waals surface area contributed by atoms with Crippen LogP contribution in [-0.2, 0) is 14.3 Å². The first-order valence-electron chi connectivity index (χ1n) is 3.43. The molecular formula is C8H10O3S. The van der Waals surface area contributed by atoms with Gasteiger partial charge >= 0.3 is 5.97 Å². The van der Waals surface area contributed by atoms with Crippen LogP contribution in [-0.4, -0.2) is 20.2 Å². The van der Waals surface area contributed by atoms with Crippen molar-refractivity contribution >= 4 is 17.3 Å². The summed E-state index contributed by atoms with van der Waals surface area (Å²) in [6.45, 7) is 0. The van der Waals surface area contributed by atoms with Gasteiger partial charge in [-0.15, -0.1) is 11.3 Å². The Morgan fingerprint density at radius 2 is 2.33 bits per heavy atom. The molecule has 0 bridgehead atoms. The average Bonchev–Trinajstić information content (AvgIpc) is 2.58. The van der Waals surface area contributed by atoms with Gasteiger partial charge in [0.25, 0.3) is 0 Å². The zero-order valence-corrected chi connectivity index (χ0v) is 7.76. The lowest BCUT2D eigenvalue weighted by atomic mass is 10.3. The summed E-state index contributed by atoms with van der Waals surface area (Å²) in [5, 5.41) is 1.89. The van der Waals surface area contributed by atoms with Crippen LogP contribution >= 0.6 is 11.3 Å². The van der Waals surface area contributed by atoms with E-state index in [0.29, 0.717) is 0 Å². The predicted octanol–water partition coefficient (Wildman–Crippen LogP) is 1.61. The summed E-state index contributed by atoms with van der Waals surface area (Å²) in [6, 6.07) is 3.71. The van der Waals surface area contributed by atoms with E-state index >= 15 is 0 Å². The molecule has 0 aliphatic carbocycles. The lowest BCUT2D eigenvalue weighted by Gasteiger charge is -2.09. The van der Waals surface area contributed by atoms with Gasteiger partial charge in [-0.1, -0.05) is 6.07 Å². The second kappa shape index (κ2) is 4.23. The van der Waals surface area contributed by atoms with Crippen molar-refractivity contribution < 1.29 is 14.3 Å².